The highest BCUT2D eigenvalue weighted by Gasteiger charge is 2.21. The molecule has 3 N–H and O–H groups in total. The van der Waals surface area contributed by atoms with Gasteiger partial charge in [-0.1, -0.05) is 6.07 Å². The van der Waals surface area contributed by atoms with Crippen molar-refractivity contribution in [3.8, 4) is 5.75 Å². The molecular weight excluding hydrogens is 278 g/mol. The number of ether oxygens (including phenoxy) is 1. The van der Waals surface area contributed by atoms with E-state index in [4.69, 9.17) is 10.5 Å². The van der Waals surface area contributed by atoms with E-state index >= 15 is 0 Å². The quantitative estimate of drug-likeness (QED) is 0.899. The predicted octanol–water partition coefficient (Wildman–Crippen LogP) is 1.70. The number of aliphatic hydroxyl groups is 1. The van der Waals surface area contributed by atoms with Crippen LogP contribution in [-0.4, -0.2) is 47.8 Å². The molecule has 1 unspecified atom stereocenters. The van der Waals surface area contributed by atoms with Gasteiger partial charge in [-0.15, -0.1) is 0 Å². The Morgan fingerprint density at radius 3 is 2.86 bits per heavy atom. The summed E-state index contributed by atoms with van der Waals surface area (Å²) < 4.78 is 5.29. The molecule has 1 aromatic carbocycles. The van der Waals surface area contributed by atoms with Crippen LogP contribution in [0, 0.1) is 0 Å². The molecule has 1 aromatic heterocycles. The van der Waals surface area contributed by atoms with E-state index in [1.54, 1.807) is 13.3 Å². The van der Waals surface area contributed by atoms with Gasteiger partial charge in [-0.2, -0.15) is 0 Å². The number of hydrogen-bond acceptors (Lipinski definition) is 5. The Morgan fingerprint density at radius 1 is 1.36 bits per heavy atom. The van der Waals surface area contributed by atoms with E-state index in [1.807, 2.05) is 24.3 Å². The van der Waals surface area contributed by atoms with E-state index in [0.717, 1.165) is 42.5 Å². The highest BCUT2D eigenvalue weighted by atomic mass is 16.5. The first-order chi connectivity index (χ1) is 10.7. The van der Waals surface area contributed by atoms with E-state index < -0.39 is 6.10 Å². The van der Waals surface area contributed by atoms with Gasteiger partial charge in [-0.25, -0.2) is 0 Å². The molecule has 0 aliphatic carbocycles. The first-order valence-electron chi connectivity index (χ1n) is 7.76. The van der Waals surface area contributed by atoms with Gasteiger partial charge < -0.3 is 20.5 Å². The fourth-order valence-corrected chi connectivity index (χ4v) is 3.03. The lowest BCUT2D eigenvalue weighted by Crippen LogP contribution is -2.41. The Morgan fingerprint density at radius 2 is 2.14 bits per heavy atom. The maximum Gasteiger partial charge on any atom is 0.119 e. The topological polar surface area (TPSA) is 71.6 Å². The summed E-state index contributed by atoms with van der Waals surface area (Å²) in [5.41, 5.74) is 6.64. The van der Waals surface area contributed by atoms with Crippen LogP contribution in [0.1, 0.15) is 24.6 Å². The average Bonchev–Trinajstić information content (AvgIpc) is 2.55. The first-order valence-corrected chi connectivity index (χ1v) is 7.76. The Bertz CT molecular complexity index is 639. The number of fused-ring (bicyclic) bond motifs is 1. The third kappa shape index (κ3) is 3.21. The zero-order valence-corrected chi connectivity index (χ0v) is 12.9. The summed E-state index contributed by atoms with van der Waals surface area (Å²) in [7, 11) is 1.64. The fraction of sp³-hybridized carbons (Fsp3) is 0.471. The van der Waals surface area contributed by atoms with Crippen molar-refractivity contribution in [2.45, 2.75) is 25.0 Å². The maximum atomic E-state index is 10.6. The summed E-state index contributed by atoms with van der Waals surface area (Å²) in [4.78, 5) is 6.66. The van der Waals surface area contributed by atoms with Crippen LogP contribution in [0.4, 0.5) is 0 Å². The van der Waals surface area contributed by atoms with Gasteiger partial charge in [0.1, 0.15) is 11.9 Å². The van der Waals surface area contributed by atoms with Crippen molar-refractivity contribution in [1.82, 2.24) is 9.88 Å². The maximum absolute atomic E-state index is 10.6. The van der Waals surface area contributed by atoms with Crippen molar-refractivity contribution in [1.29, 1.82) is 0 Å². The van der Waals surface area contributed by atoms with Gasteiger partial charge in [0.2, 0.25) is 0 Å². The number of aliphatic hydroxyl groups excluding tert-OH is 1. The molecule has 5 heteroatoms. The zero-order chi connectivity index (χ0) is 15.5. The minimum atomic E-state index is -0.606. The lowest BCUT2D eigenvalue weighted by atomic mass is 10.0. The Hall–Kier alpha value is -1.69. The van der Waals surface area contributed by atoms with Gasteiger partial charge in [-0.05, 0) is 49.5 Å². The van der Waals surface area contributed by atoms with Gasteiger partial charge in [0.05, 0.1) is 12.8 Å². The number of benzene rings is 1. The second-order valence-corrected chi connectivity index (χ2v) is 5.94. The van der Waals surface area contributed by atoms with Crippen molar-refractivity contribution in [3.05, 3.63) is 36.2 Å². The SMILES string of the molecule is COc1ccc2ccnc(C(O)CN3CCC(N)CC3)c2c1. The number of nitrogens with two attached hydrogens (primary N) is 1. The van der Waals surface area contributed by atoms with E-state index in [2.05, 4.69) is 9.88 Å². The molecule has 5 nitrogen and oxygen atoms in total. The van der Waals surface area contributed by atoms with Crippen LogP contribution in [0.15, 0.2) is 30.5 Å². The average molecular weight is 301 g/mol. The molecule has 0 spiro atoms. The number of methoxy groups -OCH3 is 1. The van der Waals surface area contributed by atoms with E-state index in [0.29, 0.717) is 18.3 Å². The largest absolute Gasteiger partial charge is 0.497 e. The third-order valence-corrected chi connectivity index (χ3v) is 4.38. The van der Waals surface area contributed by atoms with Crippen LogP contribution in [0.5, 0.6) is 5.75 Å². The summed E-state index contributed by atoms with van der Waals surface area (Å²) in [5.74, 6) is 0.776. The fourth-order valence-electron chi connectivity index (χ4n) is 3.03. The first kappa shape index (κ1) is 15.2. The molecule has 2 heterocycles. The number of pyridine rings is 1. The lowest BCUT2D eigenvalue weighted by molar-refractivity contribution is 0.0959. The predicted molar refractivity (Wildman–Crippen MR) is 86.9 cm³/mol. The molecule has 0 amide bonds. The number of hydrogen-bond donors (Lipinski definition) is 2. The highest BCUT2D eigenvalue weighted by molar-refractivity contribution is 5.86. The number of likely N-dealkylation sites (tertiary alicyclic amines) is 1. The number of piperidine rings is 1. The minimum Gasteiger partial charge on any atom is -0.497 e. The molecule has 0 saturated carbocycles. The van der Waals surface area contributed by atoms with Crippen molar-refractivity contribution < 1.29 is 9.84 Å². The summed E-state index contributed by atoms with van der Waals surface area (Å²) in [6.45, 7) is 2.47. The van der Waals surface area contributed by atoms with E-state index in [1.165, 1.54) is 0 Å². The minimum absolute atomic E-state index is 0.299. The smallest absolute Gasteiger partial charge is 0.119 e. The Balaban J connectivity index is 1.82. The van der Waals surface area contributed by atoms with Crippen LogP contribution in [0.3, 0.4) is 0 Å². The summed E-state index contributed by atoms with van der Waals surface area (Å²) in [6.07, 6.45) is 3.12. The van der Waals surface area contributed by atoms with Crippen molar-refractivity contribution in [3.63, 3.8) is 0 Å². The molecule has 118 valence electrons. The van der Waals surface area contributed by atoms with Crippen LogP contribution in [0.2, 0.25) is 0 Å². The molecule has 1 aliphatic heterocycles. The molecular formula is C17H23N3O2. The highest BCUT2D eigenvalue weighted by Crippen LogP contribution is 2.27. The van der Waals surface area contributed by atoms with Crippen LogP contribution in [-0.2, 0) is 0 Å². The van der Waals surface area contributed by atoms with E-state index in [-0.39, 0.29) is 0 Å². The standard InChI is InChI=1S/C17H23N3O2/c1-22-14-3-2-12-4-7-19-17(15(12)10-14)16(21)11-20-8-5-13(18)6-9-20/h2-4,7,10,13,16,21H,5-6,8-9,11,18H2,1H3. The summed E-state index contributed by atoms with van der Waals surface area (Å²) >= 11 is 0. The summed E-state index contributed by atoms with van der Waals surface area (Å²) in [5, 5.41) is 12.6. The van der Waals surface area contributed by atoms with E-state index in [9.17, 15) is 5.11 Å². The number of β-amino-alcohol motifs (C(OH)–C–C–N with tert-alkyl or cyclic N) is 1. The molecule has 1 atom stereocenters. The molecule has 1 aliphatic rings. The van der Waals surface area contributed by atoms with Crippen molar-refractivity contribution in [2.24, 2.45) is 5.73 Å². The molecule has 1 saturated heterocycles. The molecule has 2 aromatic rings. The monoisotopic (exact) mass is 301 g/mol. The van der Waals surface area contributed by atoms with Gasteiger partial charge in [0, 0.05) is 24.2 Å². The second kappa shape index (κ2) is 6.60. The molecule has 22 heavy (non-hydrogen) atoms. The molecule has 0 bridgehead atoms. The number of nitrogens with zero attached hydrogens (tertiary/aromatic N) is 2. The third-order valence-electron chi connectivity index (χ3n) is 4.38. The van der Waals surface area contributed by atoms with Gasteiger partial charge in [-0.3, -0.25) is 4.98 Å². The van der Waals surface area contributed by atoms with Crippen molar-refractivity contribution in [2.75, 3.05) is 26.7 Å². The molecule has 1 fully saturated rings. The molecule has 3 rings (SSSR count). The van der Waals surface area contributed by atoms with Gasteiger partial charge >= 0.3 is 0 Å². The number of rotatable bonds is 4. The van der Waals surface area contributed by atoms with Crippen LogP contribution >= 0.6 is 0 Å². The summed E-state index contributed by atoms with van der Waals surface area (Å²) in [6, 6.07) is 8.10. The Kier molecular flexibility index (Phi) is 4.57. The Labute approximate surface area is 130 Å². The second-order valence-electron chi connectivity index (χ2n) is 5.94. The van der Waals surface area contributed by atoms with Gasteiger partial charge in [0.15, 0.2) is 0 Å². The van der Waals surface area contributed by atoms with Crippen molar-refractivity contribution >= 4 is 10.8 Å². The lowest BCUT2D eigenvalue weighted by Gasteiger charge is -2.31. The zero-order valence-electron chi connectivity index (χ0n) is 12.9. The number of aromatic nitrogens is 1. The molecule has 0 radical (unpaired) electrons. The normalized spacial score (nSPS) is 18.5. The van der Waals surface area contributed by atoms with Crippen LogP contribution in [0.25, 0.3) is 10.8 Å². The van der Waals surface area contributed by atoms with Crippen LogP contribution < -0.4 is 10.5 Å². The van der Waals surface area contributed by atoms with Gasteiger partial charge in [0.25, 0.3) is 0 Å².